The summed E-state index contributed by atoms with van der Waals surface area (Å²) in [4.78, 5) is 47.8. The molecule has 4 heterocycles. The smallest absolute Gasteiger partial charge is 0.261 e. The van der Waals surface area contributed by atoms with Crippen LogP contribution in [-0.4, -0.2) is 76.8 Å². The van der Waals surface area contributed by atoms with E-state index in [0.717, 1.165) is 51.9 Å². The molecule has 45 heavy (non-hydrogen) atoms. The number of hydrogen-bond acceptors (Lipinski definition) is 9. The zero-order valence-corrected chi connectivity index (χ0v) is 25.6. The number of fused-ring (bicyclic) bond motifs is 1. The Balaban J connectivity index is 0.877. The SMILES string of the molecule is O=C1CCC(Nc2ccc(N3CC(N4CCC(SCc5nc6cc(OCC7CC7)cc(F)c6c(=O)[nH]5)CC4)C3)c(F)c2)C(=O)N1. The standard InChI is InChI=1S/C32H36F2N6O4S/c33-23-11-19(35-25-4-6-29(41)38-31(25)42)3-5-27(23)40-14-20(15-40)39-9-7-22(8-10-39)45-17-28-36-26-13-21(44-16-18-1-2-18)12-24(34)30(26)32(43)37-28/h3,5,11-13,18,20,22,25,35H,1-2,4,6-10,14-17H2,(H,36,37,43)(H,38,41,42). The summed E-state index contributed by atoms with van der Waals surface area (Å²) in [5.41, 5.74) is 0.910. The van der Waals surface area contributed by atoms with E-state index in [1.54, 1.807) is 30.0 Å². The Kier molecular flexibility index (Phi) is 8.38. The van der Waals surface area contributed by atoms with E-state index in [9.17, 15) is 23.2 Å². The summed E-state index contributed by atoms with van der Waals surface area (Å²) >= 11 is 1.76. The molecular formula is C32H36F2N6O4S. The average molecular weight is 639 g/mol. The maximum Gasteiger partial charge on any atom is 0.261 e. The molecule has 3 aromatic rings. The highest BCUT2D eigenvalue weighted by molar-refractivity contribution is 7.99. The molecule has 13 heteroatoms. The number of aromatic amines is 1. The number of H-pyrrole nitrogens is 1. The highest BCUT2D eigenvalue weighted by Crippen LogP contribution is 2.33. The van der Waals surface area contributed by atoms with Crippen molar-refractivity contribution in [2.75, 3.05) is 43.0 Å². The van der Waals surface area contributed by atoms with Gasteiger partial charge in [0.25, 0.3) is 5.56 Å². The van der Waals surface area contributed by atoms with E-state index in [-0.39, 0.29) is 29.4 Å². The third kappa shape index (κ3) is 6.79. The molecule has 1 aliphatic carbocycles. The van der Waals surface area contributed by atoms with Crippen molar-refractivity contribution in [1.82, 2.24) is 20.2 Å². The Morgan fingerprint density at radius 3 is 2.53 bits per heavy atom. The minimum absolute atomic E-state index is 0.0370. The van der Waals surface area contributed by atoms with Crippen LogP contribution in [0, 0.1) is 17.6 Å². The van der Waals surface area contributed by atoms with E-state index in [2.05, 4.69) is 25.5 Å². The van der Waals surface area contributed by atoms with E-state index in [0.29, 0.717) is 64.5 Å². The number of aromatic nitrogens is 2. The van der Waals surface area contributed by atoms with Gasteiger partial charge in [0.15, 0.2) is 0 Å². The molecule has 0 spiro atoms. The van der Waals surface area contributed by atoms with Gasteiger partial charge in [0.2, 0.25) is 11.8 Å². The first-order chi connectivity index (χ1) is 21.8. The Morgan fingerprint density at radius 1 is 1.00 bits per heavy atom. The van der Waals surface area contributed by atoms with Gasteiger partial charge in [-0.25, -0.2) is 13.8 Å². The summed E-state index contributed by atoms with van der Waals surface area (Å²) in [5, 5.41) is 5.72. The van der Waals surface area contributed by atoms with E-state index < -0.39 is 17.4 Å². The quantitative estimate of drug-likeness (QED) is 0.285. The molecular weight excluding hydrogens is 602 g/mol. The third-order valence-corrected chi connectivity index (χ3v) is 10.5. The first-order valence-corrected chi connectivity index (χ1v) is 16.7. The van der Waals surface area contributed by atoms with Crippen LogP contribution < -0.4 is 25.8 Å². The van der Waals surface area contributed by atoms with Crippen molar-refractivity contribution in [3.63, 3.8) is 0 Å². The number of thioether (sulfide) groups is 1. The fraction of sp³-hybridized carbons (Fsp3) is 0.500. The predicted octanol–water partition coefficient (Wildman–Crippen LogP) is 3.79. The highest BCUT2D eigenvalue weighted by atomic mass is 32.2. The molecule has 4 aliphatic rings. The molecule has 2 aromatic carbocycles. The monoisotopic (exact) mass is 638 g/mol. The first-order valence-electron chi connectivity index (χ1n) is 15.6. The van der Waals surface area contributed by atoms with Crippen molar-refractivity contribution < 1.29 is 23.1 Å². The largest absolute Gasteiger partial charge is 0.493 e. The van der Waals surface area contributed by atoms with Crippen LogP contribution in [0.3, 0.4) is 0 Å². The molecule has 1 saturated carbocycles. The van der Waals surface area contributed by atoms with Gasteiger partial charge in [0.1, 0.15) is 34.6 Å². The Bertz CT molecular complexity index is 1670. The summed E-state index contributed by atoms with van der Waals surface area (Å²) in [7, 11) is 0. The molecule has 3 saturated heterocycles. The fourth-order valence-electron chi connectivity index (χ4n) is 6.27. The number of carbonyl (C=O) groups excluding carboxylic acids is 2. The van der Waals surface area contributed by atoms with Crippen LogP contribution in [0.2, 0.25) is 0 Å². The number of nitrogens with one attached hydrogen (secondary N) is 3. The lowest BCUT2D eigenvalue weighted by molar-refractivity contribution is -0.133. The minimum Gasteiger partial charge on any atom is -0.493 e. The molecule has 2 amide bonds. The minimum atomic E-state index is -0.616. The molecule has 4 fully saturated rings. The van der Waals surface area contributed by atoms with Crippen molar-refractivity contribution >= 4 is 45.9 Å². The van der Waals surface area contributed by atoms with Crippen LogP contribution in [0.1, 0.15) is 44.3 Å². The zero-order chi connectivity index (χ0) is 31.1. The third-order valence-electron chi connectivity index (χ3n) is 9.15. The molecule has 7 rings (SSSR count). The second-order valence-electron chi connectivity index (χ2n) is 12.5. The van der Waals surface area contributed by atoms with Crippen molar-refractivity contribution in [1.29, 1.82) is 0 Å². The number of ether oxygens (including phenoxy) is 1. The van der Waals surface area contributed by atoms with Gasteiger partial charge in [0.05, 0.1) is 23.6 Å². The number of hydrogen-bond donors (Lipinski definition) is 3. The lowest BCUT2D eigenvalue weighted by atomic mass is 10.0. The van der Waals surface area contributed by atoms with Crippen molar-refractivity contribution in [2.45, 2.75) is 61.6 Å². The van der Waals surface area contributed by atoms with Gasteiger partial charge in [-0.2, -0.15) is 11.8 Å². The lowest BCUT2D eigenvalue weighted by Crippen LogP contribution is -2.61. The molecule has 1 unspecified atom stereocenters. The van der Waals surface area contributed by atoms with Crippen LogP contribution in [0.15, 0.2) is 35.1 Å². The van der Waals surface area contributed by atoms with Gasteiger partial charge >= 0.3 is 0 Å². The highest BCUT2D eigenvalue weighted by Gasteiger charge is 2.35. The second-order valence-corrected chi connectivity index (χ2v) is 13.8. The maximum absolute atomic E-state index is 15.0. The topological polar surface area (TPSA) is 120 Å². The van der Waals surface area contributed by atoms with Crippen LogP contribution in [0.5, 0.6) is 5.75 Å². The van der Waals surface area contributed by atoms with Crippen molar-refractivity contribution in [3.05, 3.63) is 58.1 Å². The number of benzene rings is 2. The maximum atomic E-state index is 15.0. The summed E-state index contributed by atoms with van der Waals surface area (Å²) in [6.45, 7) is 3.95. The normalized spacial score (nSPS) is 21.6. The van der Waals surface area contributed by atoms with Crippen LogP contribution in [-0.2, 0) is 15.3 Å². The molecule has 10 nitrogen and oxygen atoms in total. The summed E-state index contributed by atoms with van der Waals surface area (Å²) < 4.78 is 35.4. The van der Waals surface area contributed by atoms with Crippen LogP contribution in [0.25, 0.3) is 10.9 Å². The van der Waals surface area contributed by atoms with Gasteiger partial charge in [-0.15, -0.1) is 0 Å². The number of likely N-dealkylation sites (tertiary alicyclic amines) is 1. The summed E-state index contributed by atoms with van der Waals surface area (Å²) in [5.74, 6) is 0.393. The fourth-order valence-corrected chi connectivity index (χ4v) is 7.35. The number of halogens is 2. The first kappa shape index (κ1) is 30.0. The predicted molar refractivity (Wildman–Crippen MR) is 169 cm³/mol. The number of anilines is 2. The van der Waals surface area contributed by atoms with Gasteiger partial charge < -0.3 is 19.9 Å². The number of carbonyl (C=O) groups is 2. The Morgan fingerprint density at radius 2 is 1.80 bits per heavy atom. The van der Waals surface area contributed by atoms with Crippen LogP contribution in [0.4, 0.5) is 20.2 Å². The van der Waals surface area contributed by atoms with Crippen LogP contribution >= 0.6 is 11.8 Å². The van der Waals surface area contributed by atoms with Gasteiger partial charge in [-0.05, 0) is 69.3 Å². The number of nitrogens with zero attached hydrogens (tertiary/aromatic N) is 3. The molecule has 3 N–H and O–H groups in total. The number of piperidine rings is 2. The van der Waals surface area contributed by atoms with Gasteiger partial charge in [-0.1, -0.05) is 0 Å². The molecule has 0 bridgehead atoms. The average Bonchev–Trinajstić information content (AvgIpc) is 3.82. The Labute approximate surface area is 263 Å². The molecule has 238 valence electrons. The summed E-state index contributed by atoms with van der Waals surface area (Å²) in [6, 6.07) is 7.65. The van der Waals surface area contributed by atoms with Gasteiger partial charge in [-0.3, -0.25) is 24.6 Å². The molecule has 0 radical (unpaired) electrons. The molecule has 1 aromatic heterocycles. The molecule has 3 aliphatic heterocycles. The number of imide groups is 1. The molecule has 1 atom stereocenters. The lowest BCUT2D eigenvalue weighted by Gasteiger charge is -2.48. The Hall–Kier alpha value is -3.71. The van der Waals surface area contributed by atoms with E-state index in [1.165, 1.54) is 12.1 Å². The second kappa shape index (κ2) is 12.6. The number of rotatable bonds is 10. The van der Waals surface area contributed by atoms with E-state index in [1.807, 2.05) is 4.90 Å². The van der Waals surface area contributed by atoms with Crippen molar-refractivity contribution in [3.8, 4) is 5.75 Å². The number of amides is 2. The van der Waals surface area contributed by atoms with E-state index in [4.69, 9.17) is 4.74 Å². The van der Waals surface area contributed by atoms with Gasteiger partial charge in [0, 0.05) is 48.6 Å². The zero-order valence-electron chi connectivity index (χ0n) is 24.8. The van der Waals surface area contributed by atoms with E-state index >= 15 is 0 Å². The summed E-state index contributed by atoms with van der Waals surface area (Å²) in [6.07, 6.45) is 4.92. The van der Waals surface area contributed by atoms with Crippen molar-refractivity contribution in [2.24, 2.45) is 5.92 Å².